The van der Waals surface area contributed by atoms with Crippen molar-refractivity contribution >= 4 is 16.8 Å². The molecule has 0 amide bonds. The SMILES string of the molecule is CCOc1cc([C@@H]2NN=C(c3ccccc3)S2)ccc1OCC#N. The summed E-state index contributed by atoms with van der Waals surface area (Å²) in [7, 11) is 0. The van der Waals surface area contributed by atoms with Crippen LogP contribution in [0.4, 0.5) is 0 Å². The Morgan fingerprint density at radius 1 is 1.17 bits per heavy atom. The summed E-state index contributed by atoms with van der Waals surface area (Å²) in [5.74, 6) is 1.22. The van der Waals surface area contributed by atoms with Crippen molar-refractivity contribution in [1.29, 1.82) is 5.26 Å². The zero-order valence-corrected chi connectivity index (χ0v) is 14.0. The van der Waals surface area contributed by atoms with Crippen LogP contribution < -0.4 is 14.9 Å². The lowest BCUT2D eigenvalue weighted by Crippen LogP contribution is -2.07. The Balaban J connectivity index is 1.76. The van der Waals surface area contributed by atoms with Gasteiger partial charge in [-0.1, -0.05) is 48.2 Å². The standard InChI is InChI=1S/C18H17N3O2S/c1-2-22-16-12-14(8-9-15(16)23-11-10-19)18-21-20-17(24-18)13-6-4-3-5-7-13/h3-9,12,18,21H,2,11H2,1H3/t18-/m1/s1. The van der Waals surface area contributed by atoms with Gasteiger partial charge >= 0.3 is 0 Å². The van der Waals surface area contributed by atoms with E-state index in [2.05, 4.69) is 10.5 Å². The first kappa shape index (κ1) is 16.2. The van der Waals surface area contributed by atoms with Crippen molar-refractivity contribution in [3.05, 3.63) is 59.7 Å². The lowest BCUT2D eigenvalue weighted by atomic mass is 10.2. The third kappa shape index (κ3) is 3.63. The van der Waals surface area contributed by atoms with Crippen LogP contribution in [-0.2, 0) is 0 Å². The molecule has 2 aromatic rings. The summed E-state index contributed by atoms with van der Waals surface area (Å²) in [6.07, 6.45) is 0. The van der Waals surface area contributed by atoms with E-state index in [1.807, 2.05) is 61.5 Å². The summed E-state index contributed by atoms with van der Waals surface area (Å²) in [6.45, 7) is 2.44. The molecule has 6 heteroatoms. The topological polar surface area (TPSA) is 66.6 Å². The molecule has 0 bridgehead atoms. The molecule has 122 valence electrons. The third-order valence-electron chi connectivity index (χ3n) is 3.40. The van der Waals surface area contributed by atoms with Crippen molar-refractivity contribution in [1.82, 2.24) is 5.43 Å². The molecule has 1 aliphatic heterocycles. The Hall–Kier alpha value is -2.65. The molecule has 1 atom stereocenters. The number of ether oxygens (including phenoxy) is 2. The van der Waals surface area contributed by atoms with Gasteiger partial charge in [-0.3, -0.25) is 5.43 Å². The quantitative estimate of drug-likeness (QED) is 0.869. The van der Waals surface area contributed by atoms with Gasteiger partial charge in [-0.25, -0.2) is 0 Å². The van der Waals surface area contributed by atoms with Crippen LogP contribution in [0, 0.1) is 11.3 Å². The van der Waals surface area contributed by atoms with Gasteiger partial charge in [0.25, 0.3) is 0 Å². The molecule has 2 aromatic carbocycles. The van der Waals surface area contributed by atoms with E-state index in [0.717, 1.165) is 16.2 Å². The predicted octanol–water partition coefficient (Wildman–Crippen LogP) is 3.68. The molecular formula is C18H17N3O2S. The first-order chi connectivity index (χ1) is 11.8. The maximum atomic E-state index is 8.67. The molecule has 0 radical (unpaired) electrons. The summed E-state index contributed by atoms with van der Waals surface area (Å²) in [6, 6.07) is 17.8. The fourth-order valence-corrected chi connectivity index (χ4v) is 3.31. The molecule has 0 aromatic heterocycles. The van der Waals surface area contributed by atoms with E-state index in [9.17, 15) is 0 Å². The molecule has 0 spiro atoms. The van der Waals surface area contributed by atoms with Gasteiger partial charge in [0.05, 0.1) is 6.61 Å². The molecule has 24 heavy (non-hydrogen) atoms. The first-order valence-corrected chi connectivity index (χ1v) is 8.51. The zero-order chi connectivity index (χ0) is 16.8. The van der Waals surface area contributed by atoms with Crippen molar-refractivity contribution in [3.8, 4) is 17.6 Å². The second kappa shape index (κ2) is 7.75. The number of hydrazone groups is 1. The minimum absolute atomic E-state index is 0.00286. The normalized spacial score (nSPS) is 16.0. The molecule has 5 nitrogen and oxygen atoms in total. The van der Waals surface area contributed by atoms with E-state index in [1.165, 1.54) is 0 Å². The number of nitriles is 1. The number of hydrogen-bond acceptors (Lipinski definition) is 6. The van der Waals surface area contributed by atoms with Crippen LogP contribution >= 0.6 is 11.8 Å². The Labute approximate surface area is 145 Å². The average molecular weight is 339 g/mol. The molecule has 1 aliphatic rings. The minimum Gasteiger partial charge on any atom is -0.490 e. The summed E-state index contributed by atoms with van der Waals surface area (Å²) >= 11 is 1.66. The highest BCUT2D eigenvalue weighted by Gasteiger charge is 2.23. The highest BCUT2D eigenvalue weighted by atomic mass is 32.2. The molecule has 3 rings (SSSR count). The fraction of sp³-hybridized carbons (Fsp3) is 0.222. The molecule has 0 fully saturated rings. The Bertz CT molecular complexity index is 772. The van der Waals surface area contributed by atoms with Crippen molar-refractivity contribution in [2.45, 2.75) is 12.3 Å². The summed E-state index contributed by atoms with van der Waals surface area (Å²) < 4.78 is 11.0. The van der Waals surface area contributed by atoms with E-state index in [-0.39, 0.29) is 12.0 Å². The summed E-state index contributed by atoms with van der Waals surface area (Å²) in [5, 5.41) is 14.1. The molecule has 0 aliphatic carbocycles. The first-order valence-electron chi connectivity index (χ1n) is 7.63. The number of nitrogens with zero attached hydrogens (tertiary/aromatic N) is 2. The summed E-state index contributed by atoms with van der Waals surface area (Å²) in [4.78, 5) is 0. The van der Waals surface area contributed by atoms with Crippen LogP contribution in [0.15, 0.2) is 53.6 Å². The van der Waals surface area contributed by atoms with Gasteiger partial charge < -0.3 is 9.47 Å². The second-order valence-electron chi connectivity index (χ2n) is 5.00. The Morgan fingerprint density at radius 3 is 2.75 bits per heavy atom. The van der Waals surface area contributed by atoms with E-state index in [4.69, 9.17) is 14.7 Å². The largest absolute Gasteiger partial charge is 0.490 e. The number of nitrogens with one attached hydrogen (secondary N) is 1. The van der Waals surface area contributed by atoms with E-state index < -0.39 is 0 Å². The Morgan fingerprint density at radius 2 is 2.00 bits per heavy atom. The van der Waals surface area contributed by atoms with Crippen LogP contribution in [0.1, 0.15) is 23.4 Å². The monoisotopic (exact) mass is 339 g/mol. The van der Waals surface area contributed by atoms with Crippen LogP contribution in [0.2, 0.25) is 0 Å². The van der Waals surface area contributed by atoms with E-state index >= 15 is 0 Å². The third-order valence-corrected chi connectivity index (χ3v) is 4.56. The summed E-state index contributed by atoms with van der Waals surface area (Å²) in [5.41, 5.74) is 5.29. The van der Waals surface area contributed by atoms with Gasteiger partial charge in [-0.05, 0) is 24.6 Å². The molecular weight excluding hydrogens is 322 g/mol. The number of rotatable bonds is 6. The van der Waals surface area contributed by atoms with Gasteiger partial charge in [0.15, 0.2) is 18.1 Å². The van der Waals surface area contributed by atoms with Crippen molar-refractivity contribution < 1.29 is 9.47 Å². The van der Waals surface area contributed by atoms with Crippen molar-refractivity contribution in [2.75, 3.05) is 13.2 Å². The van der Waals surface area contributed by atoms with Crippen LogP contribution in [0.3, 0.4) is 0 Å². The van der Waals surface area contributed by atoms with Gasteiger partial charge in [0, 0.05) is 5.56 Å². The van der Waals surface area contributed by atoms with Crippen LogP contribution in [0.25, 0.3) is 0 Å². The lowest BCUT2D eigenvalue weighted by Gasteiger charge is -2.14. The van der Waals surface area contributed by atoms with Gasteiger partial charge in [0.1, 0.15) is 16.5 Å². The van der Waals surface area contributed by atoms with Crippen LogP contribution in [0.5, 0.6) is 11.5 Å². The van der Waals surface area contributed by atoms with E-state index in [1.54, 1.807) is 11.8 Å². The number of benzene rings is 2. The molecule has 1 heterocycles. The highest BCUT2D eigenvalue weighted by molar-refractivity contribution is 8.14. The Kier molecular flexibility index (Phi) is 5.24. The maximum absolute atomic E-state index is 8.67. The van der Waals surface area contributed by atoms with E-state index in [0.29, 0.717) is 18.1 Å². The van der Waals surface area contributed by atoms with Crippen LogP contribution in [-0.4, -0.2) is 18.3 Å². The van der Waals surface area contributed by atoms with Gasteiger partial charge in [-0.15, -0.1) is 0 Å². The van der Waals surface area contributed by atoms with Crippen molar-refractivity contribution in [2.24, 2.45) is 5.10 Å². The average Bonchev–Trinajstić information content (AvgIpc) is 3.12. The molecule has 0 saturated heterocycles. The predicted molar refractivity (Wildman–Crippen MR) is 95.2 cm³/mol. The maximum Gasteiger partial charge on any atom is 0.174 e. The number of thioether (sulfide) groups is 1. The molecule has 0 saturated carbocycles. The minimum atomic E-state index is -0.00286. The lowest BCUT2D eigenvalue weighted by molar-refractivity contribution is 0.298. The fourth-order valence-electron chi connectivity index (χ4n) is 2.32. The molecule has 0 unspecified atom stereocenters. The zero-order valence-electron chi connectivity index (χ0n) is 13.2. The second-order valence-corrected chi connectivity index (χ2v) is 6.09. The smallest absolute Gasteiger partial charge is 0.174 e. The molecule has 1 N–H and O–H groups in total. The van der Waals surface area contributed by atoms with Gasteiger partial charge in [-0.2, -0.15) is 10.4 Å². The van der Waals surface area contributed by atoms with Crippen molar-refractivity contribution in [3.63, 3.8) is 0 Å². The van der Waals surface area contributed by atoms with Gasteiger partial charge in [0.2, 0.25) is 0 Å². The highest BCUT2D eigenvalue weighted by Crippen LogP contribution is 2.38. The number of hydrogen-bond donors (Lipinski definition) is 1.